The number of esters is 1. The zero-order chi connectivity index (χ0) is 20.5. The van der Waals surface area contributed by atoms with E-state index in [0.29, 0.717) is 30.1 Å². The number of carbonyl (C=O) groups is 3. The summed E-state index contributed by atoms with van der Waals surface area (Å²) in [5.74, 6) is -0.412. The van der Waals surface area contributed by atoms with Crippen molar-refractivity contribution in [3.8, 4) is 5.75 Å². The molecule has 0 unspecified atom stereocenters. The lowest BCUT2D eigenvalue weighted by Crippen LogP contribution is -2.27. The molecule has 2 rings (SSSR count). The Kier molecular flexibility index (Phi) is 7.56. The first kappa shape index (κ1) is 21.0. The molecule has 2 aromatic rings. The second kappa shape index (κ2) is 10.1. The van der Waals surface area contributed by atoms with Gasteiger partial charge >= 0.3 is 5.97 Å². The van der Waals surface area contributed by atoms with Crippen molar-refractivity contribution >= 4 is 23.5 Å². The standard InChI is InChI=1S/C21H24N2O5/c1-4-23(15(2)24)13-16-7-5-9-18(11-16)22-21(26)17-8-6-10-19(12-17)28-14-20(25)27-3/h5-12H,4,13-14H2,1-3H3,(H,22,26). The molecule has 0 fully saturated rings. The number of hydrogen-bond donors (Lipinski definition) is 1. The first-order chi connectivity index (χ1) is 13.4. The van der Waals surface area contributed by atoms with Gasteiger partial charge in [0, 0.05) is 31.3 Å². The number of methoxy groups -OCH3 is 1. The summed E-state index contributed by atoms with van der Waals surface area (Å²) in [6.45, 7) is 4.32. The van der Waals surface area contributed by atoms with Crippen molar-refractivity contribution in [3.63, 3.8) is 0 Å². The molecule has 0 aliphatic rings. The van der Waals surface area contributed by atoms with E-state index in [9.17, 15) is 14.4 Å². The van der Waals surface area contributed by atoms with Crippen LogP contribution in [0.25, 0.3) is 0 Å². The summed E-state index contributed by atoms with van der Waals surface area (Å²) in [6, 6.07) is 13.9. The van der Waals surface area contributed by atoms with Gasteiger partial charge < -0.3 is 19.7 Å². The normalized spacial score (nSPS) is 10.1. The number of amides is 2. The molecule has 0 aliphatic carbocycles. The van der Waals surface area contributed by atoms with Crippen molar-refractivity contribution in [2.45, 2.75) is 20.4 Å². The van der Waals surface area contributed by atoms with Crippen LogP contribution in [0.4, 0.5) is 5.69 Å². The predicted molar refractivity (Wildman–Crippen MR) is 105 cm³/mol. The molecule has 0 saturated carbocycles. The number of nitrogens with one attached hydrogen (secondary N) is 1. The van der Waals surface area contributed by atoms with Crippen LogP contribution in [0.2, 0.25) is 0 Å². The molecule has 2 amide bonds. The Hall–Kier alpha value is -3.35. The van der Waals surface area contributed by atoms with Crippen LogP contribution in [-0.2, 0) is 20.9 Å². The second-order valence-electron chi connectivity index (χ2n) is 6.08. The number of anilines is 1. The van der Waals surface area contributed by atoms with E-state index in [1.54, 1.807) is 35.2 Å². The maximum absolute atomic E-state index is 12.5. The highest BCUT2D eigenvalue weighted by atomic mass is 16.6. The fourth-order valence-corrected chi connectivity index (χ4v) is 2.55. The summed E-state index contributed by atoms with van der Waals surface area (Å²) in [4.78, 5) is 37.0. The van der Waals surface area contributed by atoms with Crippen molar-refractivity contribution < 1.29 is 23.9 Å². The average Bonchev–Trinajstić information content (AvgIpc) is 2.70. The molecule has 7 nitrogen and oxygen atoms in total. The molecule has 0 heterocycles. The SMILES string of the molecule is CCN(Cc1cccc(NC(=O)c2cccc(OCC(=O)OC)c2)c1)C(C)=O. The van der Waals surface area contributed by atoms with Crippen LogP contribution in [0.15, 0.2) is 48.5 Å². The third-order valence-electron chi connectivity index (χ3n) is 4.07. The summed E-state index contributed by atoms with van der Waals surface area (Å²) in [5, 5.41) is 2.83. The Morgan fingerprint density at radius 2 is 1.82 bits per heavy atom. The van der Waals surface area contributed by atoms with Gasteiger partial charge in [-0.2, -0.15) is 0 Å². The van der Waals surface area contributed by atoms with Gasteiger partial charge in [-0.05, 0) is 42.8 Å². The Morgan fingerprint density at radius 3 is 2.50 bits per heavy atom. The van der Waals surface area contributed by atoms with Crippen molar-refractivity contribution in [1.29, 1.82) is 0 Å². The summed E-state index contributed by atoms with van der Waals surface area (Å²) in [5.41, 5.74) is 1.94. The van der Waals surface area contributed by atoms with Gasteiger partial charge in [0.1, 0.15) is 5.75 Å². The average molecular weight is 384 g/mol. The number of rotatable bonds is 8. The summed E-state index contributed by atoms with van der Waals surface area (Å²) in [6.07, 6.45) is 0. The highest BCUT2D eigenvalue weighted by molar-refractivity contribution is 6.04. The van der Waals surface area contributed by atoms with E-state index < -0.39 is 5.97 Å². The van der Waals surface area contributed by atoms with Gasteiger partial charge in [-0.1, -0.05) is 18.2 Å². The minimum Gasteiger partial charge on any atom is -0.482 e. The number of hydrogen-bond acceptors (Lipinski definition) is 5. The van der Waals surface area contributed by atoms with Crippen LogP contribution < -0.4 is 10.1 Å². The molecule has 0 aromatic heterocycles. The highest BCUT2D eigenvalue weighted by Gasteiger charge is 2.11. The molecule has 1 N–H and O–H groups in total. The fraction of sp³-hybridized carbons (Fsp3) is 0.286. The largest absolute Gasteiger partial charge is 0.482 e. The molecular formula is C21H24N2O5. The van der Waals surface area contributed by atoms with E-state index in [4.69, 9.17) is 4.74 Å². The minimum atomic E-state index is -0.502. The Labute approximate surface area is 164 Å². The third kappa shape index (κ3) is 6.12. The number of benzene rings is 2. The Morgan fingerprint density at radius 1 is 1.07 bits per heavy atom. The summed E-state index contributed by atoms with van der Waals surface area (Å²) in [7, 11) is 1.28. The number of nitrogens with zero attached hydrogens (tertiary/aromatic N) is 1. The third-order valence-corrected chi connectivity index (χ3v) is 4.07. The first-order valence-electron chi connectivity index (χ1n) is 8.88. The van der Waals surface area contributed by atoms with Crippen molar-refractivity contribution in [2.75, 3.05) is 25.6 Å². The van der Waals surface area contributed by atoms with Crippen LogP contribution in [0.1, 0.15) is 29.8 Å². The topological polar surface area (TPSA) is 84.9 Å². The molecule has 0 radical (unpaired) electrons. The van der Waals surface area contributed by atoms with Crippen LogP contribution in [0, 0.1) is 0 Å². The molecule has 0 atom stereocenters. The molecule has 0 bridgehead atoms. The zero-order valence-electron chi connectivity index (χ0n) is 16.2. The fourth-order valence-electron chi connectivity index (χ4n) is 2.55. The smallest absolute Gasteiger partial charge is 0.343 e. The molecule has 0 spiro atoms. The molecule has 148 valence electrons. The molecule has 2 aromatic carbocycles. The van der Waals surface area contributed by atoms with E-state index in [-0.39, 0.29) is 18.4 Å². The van der Waals surface area contributed by atoms with Gasteiger partial charge in [0.2, 0.25) is 5.91 Å². The van der Waals surface area contributed by atoms with Crippen molar-refractivity contribution in [2.24, 2.45) is 0 Å². The summed E-state index contributed by atoms with van der Waals surface area (Å²) < 4.78 is 9.83. The maximum atomic E-state index is 12.5. The first-order valence-corrected chi connectivity index (χ1v) is 8.88. The minimum absolute atomic E-state index is 0.000656. The van der Waals surface area contributed by atoms with Crippen molar-refractivity contribution in [3.05, 3.63) is 59.7 Å². The lowest BCUT2D eigenvalue weighted by molar-refractivity contribution is -0.142. The predicted octanol–water partition coefficient (Wildman–Crippen LogP) is 2.86. The molecule has 7 heteroatoms. The monoisotopic (exact) mass is 384 g/mol. The van der Waals surface area contributed by atoms with Crippen LogP contribution in [0.5, 0.6) is 5.75 Å². The van der Waals surface area contributed by atoms with Gasteiger partial charge in [-0.3, -0.25) is 9.59 Å². The number of carbonyl (C=O) groups excluding carboxylic acids is 3. The molecule has 28 heavy (non-hydrogen) atoms. The van der Waals surface area contributed by atoms with E-state index in [0.717, 1.165) is 5.56 Å². The van der Waals surface area contributed by atoms with E-state index >= 15 is 0 Å². The molecular weight excluding hydrogens is 360 g/mol. The maximum Gasteiger partial charge on any atom is 0.343 e. The Bertz CT molecular complexity index is 850. The molecule has 0 aliphatic heterocycles. The van der Waals surface area contributed by atoms with Crippen LogP contribution in [0.3, 0.4) is 0 Å². The van der Waals surface area contributed by atoms with Gasteiger partial charge in [0.25, 0.3) is 5.91 Å². The quantitative estimate of drug-likeness (QED) is 0.708. The zero-order valence-corrected chi connectivity index (χ0v) is 16.2. The summed E-state index contributed by atoms with van der Waals surface area (Å²) >= 11 is 0. The van der Waals surface area contributed by atoms with Crippen LogP contribution >= 0.6 is 0 Å². The Balaban J connectivity index is 2.05. The lowest BCUT2D eigenvalue weighted by atomic mass is 10.1. The van der Waals surface area contributed by atoms with Crippen molar-refractivity contribution in [1.82, 2.24) is 4.90 Å². The van der Waals surface area contributed by atoms with Gasteiger partial charge in [0.15, 0.2) is 6.61 Å². The molecule has 0 saturated heterocycles. The number of ether oxygens (including phenoxy) is 2. The second-order valence-corrected chi connectivity index (χ2v) is 6.08. The van der Waals surface area contributed by atoms with Gasteiger partial charge in [-0.25, -0.2) is 4.79 Å². The lowest BCUT2D eigenvalue weighted by Gasteiger charge is -2.19. The van der Waals surface area contributed by atoms with E-state index in [1.165, 1.54) is 14.0 Å². The van der Waals surface area contributed by atoms with Gasteiger partial charge in [-0.15, -0.1) is 0 Å². The van der Waals surface area contributed by atoms with E-state index in [2.05, 4.69) is 10.1 Å². The van der Waals surface area contributed by atoms with Gasteiger partial charge in [0.05, 0.1) is 7.11 Å². The highest BCUT2D eigenvalue weighted by Crippen LogP contribution is 2.17. The van der Waals surface area contributed by atoms with Crippen LogP contribution in [-0.4, -0.2) is 42.9 Å². The van der Waals surface area contributed by atoms with E-state index in [1.807, 2.05) is 25.1 Å².